The normalized spacial score (nSPS) is 19.7. The average molecular weight is 766 g/mol. The van der Waals surface area contributed by atoms with Gasteiger partial charge in [-0.25, -0.2) is 4.79 Å². The van der Waals surface area contributed by atoms with Crippen molar-refractivity contribution in [2.24, 2.45) is 0 Å². The molecule has 0 radical (unpaired) electrons. The number of anilines is 1. The summed E-state index contributed by atoms with van der Waals surface area (Å²) in [7, 11) is 0. The number of carboxylic acids is 1. The van der Waals surface area contributed by atoms with Crippen LogP contribution in [-0.2, 0) is 39.9 Å². The van der Waals surface area contributed by atoms with Crippen LogP contribution in [0.1, 0.15) is 16.7 Å². The Hall–Kier alpha value is -4.38. The van der Waals surface area contributed by atoms with E-state index in [2.05, 4.69) is 21.3 Å². The van der Waals surface area contributed by atoms with Gasteiger partial charge >= 0.3 is 57.0 Å². The molecule has 0 saturated carbocycles. The number of phenols is 1. The van der Waals surface area contributed by atoms with E-state index in [9.17, 15) is 54.3 Å². The van der Waals surface area contributed by atoms with Gasteiger partial charge < -0.3 is 71.2 Å². The summed E-state index contributed by atoms with van der Waals surface area (Å²) in [6, 6.07) is 10.0. The standard InChI is InChI=1S/C33H37N5O14.K/c1-15-19-7-4-17(34)9-21(19)50-32(49)20(15)10-24(40)36-12-26(42)38-14-27(43)37-13-25(41)35-11-23-28(44)29(45)30(46)33(52-23)51-22(31(47)48)8-16-2-5-18(39)6-3-16;/h2-9,23,28-30,33,39,44-46H,10-14,34H2,1H3,(H,35,41)(H,36,40)(H,37,43)(H,38,42)(H,47,48);/q;+1/p-1/b22-8-;/t23-,28+,29+,30-,33-;/m1./s1. The molecule has 5 atom stereocenters. The number of aliphatic carboxylic acids is 1. The van der Waals surface area contributed by atoms with Crippen molar-refractivity contribution in [2.75, 3.05) is 31.9 Å². The molecule has 1 fully saturated rings. The van der Waals surface area contributed by atoms with Gasteiger partial charge in [-0.15, -0.1) is 0 Å². The zero-order chi connectivity index (χ0) is 38.1. The number of aliphatic hydroxyl groups is 3. The molecule has 278 valence electrons. The zero-order valence-corrected chi connectivity index (χ0v) is 31.6. The van der Waals surface area contributed by atoms with Gasteiger partial charge in [-0.05, 0) is 48.4 Å². The van der Waals surface area contributed by atoms with Crippen LogP contribution >= 0.6 is 0 Å². The number of benzene rings is 2. The van der Waals surface area contributed by atoms with Crippen LogP contribution in [0.2, 0.25) is 0 Å². The van der Waals surface area contributed by atoms with E-state index in [1.807, 2.05) is 0 Å². The number of ether oxygens (including phenoxy) is 2. The molecule has 0 bridgehead atoms. The van der Waals surface area contributed by atoms with Crippen molar-refractivity contribution in [3.05, 3.63) is 75.3 Å². The summed E-state index contributed by atoms with van der Waals surface area (Å²) in [5.41, 5.74) is 6.55. The van der Waals surface area contributed by atoms with E-state index in [0.29, 0.717) is 16.6 Å². The second-order valence-electron chi connectivity index (χ2n) is 11.6. The van der Waals surface area contributed by atoms with E-state index in [1.165, 1.54) is 30.3 Å². The zero-order valence-electron chi connectivity index (χ0n) is 28.5. The number of phenolic OH excluding ortho intramolecular Hbond substituents is 1. The SMILES string of the molecule is Cc1c(CC(=O)NCC(=O)NCC(=O)NCC(=O)NC[C@H]2O[C@@H](O/C(=C\c3ccc(O)cc3)C(=O)[O-])[C@H](O)[C@@H](O)[C@H]2O)c(=O)oc2cc(N)ccc12.[K+]. The van der Waals surface area contributed by atoms with Gasteiger partial charge in [0.25, 0.3) is 0 Å². The first-order chi connectivity index (χ1) is 24.6. The molecule has 0 spiro atoms. The monoisotopic (exact) mass is 765 g/mol. The Morgan fingerprint density at radius 1 is 0.868 bits per heavy atom. The molecule has 1 aliphatic heterocycles. The van der Waals surface area contributed by atoms with Gasteiger partial charge in [-0.1, -0.05) is 12.1 Å². The number of carbonyl (C=O) groups is 5. The first kappa shape index (κ1) is 43.0. The summed E-state index contributed by atoms with van der Waals surface area (Å²) in [5.74, 6) is -5.67. The summed E-state index contributed by atoms with van der Waals surface area (Å²) < 4.78 is 15.9. The third-order valence-electron chi connectivity index (χ3n) is 7.79. The number of rotatable bonds is 14. The number of aliphatic hydroxyl groups excluding tert-OH is 3. The van der Waals surface area contributed by atoms with Crippen LogP contribution in [0, 0.1) is 6.92 Å². The largest absolute Gasteiger partial charge is 1.00 e. The van der Waals surface area contributed by atoms with Crippen LogP contribution in [0.15, 0.2) is 57.4 Å². The van der Waals surface area contributed by atoms with Crippen LogP contribution in [0.25, 0.3) is 17.0 Å². The number of nitrogens with two attached hydrogens (primary N) is 1. The van der Waals surface area contributed by atoms with Crippen molar-refractivity contribution in [1.82, 2.24) is 21.3 Å². The molecule has 2 aromatic carbocycles. The van der Waals surface area contributed by atoms with Crippen molar-refractivity contribution in [3.63, 3.8) is 0 Å². The quantitative estimate of drug-likeness (QED) is 0.0242. The van der Waals surface area contributed by atoms with Crippen LogP contribution in [0.5, 0.6) is 5.75 Å². The van der Waals surface area contributed by atoms with E-state index >= 15 is 0 Å². The summed E-state index contributed by atoms with van der Waals surface area (Å²) in [5, 5.41) is 61.7. The Morgan fingerprint density at radius 3 is 2.06 bits per heavy atom. The third-order valence-corrected chi connectivity index (χ3v) is 7.79. The minimum atomic E-state index is -1.91. The number of aromatic hydroxyl groups is 1. The molecule has 1 aliphatic rings. The van der Waals surface area contributed by atoms with Gasteiger partial charge in [0.05, 0.1) is 31.6 Å². The number of hydrogen-bond acceptors (Lipinski definition) is 15. The number of carbonyl (C=O) groups excluding carboxylic acids is 5. The van der Waals surface area contributed by atoms with Crippen LogP contribution < -0.4 is 89.1 Å². The average Bonchev–Trinajstić information content (AvgIpc) is 3.10. The van der Waals surface area contributed by atoms with Crippen molar-refractivity contribution in [3.8, 4) is 5.75 Å². The van der Waals surface area contributed by atoms with Gasteiger partial charge in [0, 0.05) is 23.7 Å². The molecule has 1 saturated heterocycles. The first-order valence-electron chi connectivity index (χ1n) is 15.6. The molecular formula is C33H36KN5O14. The van der Waals surface area contributed by atoms with Crippen LogP contribution in [-0.4, -0.2) is 107 Å². The van der Waals surface area contributed by atoms with Crippen molar-refractivity contribution >= 4 is 52.3 Å². The van der Waals surface area contributed by atoms with Gasteiger partial charge in [-0.2, -0.15) is 0 Å². The topological polar surface area (TPSA) is 312 Å². The molecule has 4 rings (SSSR count). The van der Waals surface area contributed by atoms with Gasteiger partial charge in [-0.3, -0.25) is 19.2 Å². The molecule has 1 aromatic heterocycles. The maximum absolute atomic E-state index is 12.4. The minimum absolute atomic E-state index is 0. The van der Waals surface area contributed by atoms with Crippen molar-refractivity contribution < 1.29 is 115 Å². The second-order valence-corrected chi connectivity index (χ2v) is 11.6. The Balaban J connectivity index is 0.00000756. The fourth-order valence-electron chi connectivity index (χ4n) is 4.95. The summed E-state index contributed by atoms with van der Waals surface area (Å²) in [4.78, 5) is 73.1. The van der Waals surface area contributed by atoms with Crippen molar-refractivity contribution in [1.29, 1.82) is 0 Å². The maximum Gasteiger partial charge on any atom is 1.00 e. The molecule has 20 heteroatoms. The number of aryl methyl sites for hydroxylation is 1. The second kappa shape index (κ2) is 19.6. The Morgan fingerprint density at radius 2 is 1.45 bits per heavy atom. The molecule has 10 N–H and O–H groups in total. The van der Waals surface area contributed by atoms with Gasteiger partial charge in [0.1, 0.15) is 47.5 Å². The van der Waals surface area contributed by atoms with Gasteiger partial charge in [0.2, 0.25) is 29.9 Å². The molecule has 4 amide bonds. The Labute approximate surface area is 342 Å². The Kier molecular flexibility index (Phi) is 15.9. The van der Waals surface area contributed by atoms with E-state index in [-0.39, 0.29) is 80.3 Å². The molecule has 53 heavy (non-hydrogen) atoms. The number of fused-ring (bicyclic) bond motifs is 1. The Bertz CT molecular complexity index is 1920. The van der Waals surface area contributed by atoms with E-state index in [4.69, 9.17) is 19.6 Å². The molecule has 19 nitrogen and oxygen atoms in total. The number of hydrogen-bond donors (Lipinski definition) is 9. The fraction of sp³-hybridized carbons (Fsp3) is 0.333. The van der Waals surface area contributed by atoms with E-state index < -0.39 is 97.9 Å². The van der Waals surface area contributed by atoms with Gasteiger partial charge in [0.15, 0.2) is 0 Å². The van der Waals surface area contributed by atoms with E-state index in [1.54, 1.807) is 19.1 Å². The predicted octanol–water partition coefficient (Wildman–Crippen LogP) is -6.98. The number of nitrogens with one attached hydrogen (secondary N) is 4. The summed E-state index contributed by atoms with van der Waals surface area (Å²) in [6.07, 6.45) is -8.14. The number of amides is 4. The maximum atomic E-state index is 12.4. The predicted molar refractivity (Wildman–Crippen MR) is 176 cm³/mol. The summed E-state index contributed by atoms with van der Waals surface area (Å²) >= 11 is 0. The van der Waals surface area contributed by atoms with Crippen LogP contribution in [0.3, 0.4) is 0 Å². The minimum Gasteiger partial charge on any atom is -0.542 e. The molecule has 2 heterocycles. The number of carboxylic acid groups (broad SMARTS) is 1. The van der Waals surface area contributed by atoms with E-state index in [0.717, 1.165) is 6.08 Å². The third kappa shape index (κ3) is 12.1. The number of nitrogen functional groups attached to an aromatic ring is 1. The van der Waals surface area contributed by atoms with Crippen molar-refractivity contribution in [2.45, 2.75) is 44.1 Å². The molecule has 0 unspecified atom stereocenters. The smallest absolute Gasteiger partial charge is 0.542 e. The molecule has 0 aliphatic carbocycles. The molecule has 3 aromatic rings. The van der Waals surface area contributed by atoms with Crippen LogP contribution in [0.4, 0.5) is 5.69 Å². The fourth-order valence-corrected chi connectivity index (χ4v) is 4.95. The first-order valence-corrected chi connectivity index (χ1v) is 15.6. The summed E-state index contributed by atoms with van der Waals surface area (Å²) in [6.45, 7) is -0.510. The molecular weight excluding hydrogens is 729 g/mol.